The molecule has 0 atom stereocenters. The Morgan fingerprint density at radius 3 is 2.55 bits per heavy atom. The molecule has 1 saturated carbocycles. The average Bonchev–Trinajstić information content (AvgIpc) is 2.86. The van der Waals surface area contributed by atoms with Gasteiger partial charge in [-0.3, -0.25) is 4.79 Å². The summed E-state index contributed by atoms with van der Waals surface area (Å²) in [5.41, 5.74) is 0. The van der Waals surface area contributed by atoms with Crippen LogP contribution in [0.15, 0.2) is 12.4 Å². The predicted molar refractivity (Wildman–Crippen MR) is 68.4 cm³/mol. The van der Waals surface area contributed by atoms with Gasteiger partial charge in [0.1, 0.15) is 0 Å². The molecule has 1 aromatic rings. The van der Waals surface area contributed by atoms with Crippen LogP contribution in [0.1, 0.15) is 49.6 Å². The van der Waals surface area contributed by atoms with Gasteiger partial charge in [-0.1, -0.05) is 6.92 Å². The van der Waals surface area contributed by atoms with Crippen LogP contribution < -0.4 is 0 Å². The second-order valence-electron chi connectivity index (χ2n) is 5.40. The van der Waals surface area contributed by atoms with E-state index in [2.05, 4.69) is 4.98 Å². The Morgan fingerprint density at radius 2 is 2.00 bits per heavy atom. The number of rotatable bonds is 4. The maximum Gasteiger partial charge on any atom is 0.391 e. The van der Waals surface area contributed by atoms with Gasteiger partial charge < -0.3 is 4.57 Å². The maximum absolute atomic E-state index is 12.6. The molecule has 0 saturated heterocycles. The molecule has 0 unspecified atom stereocenters. The van der Waals surface area contributed by atoms with Crippen LogP contribution in [0.25, 0.3) is 0 Å². The van der Waals surface area contributed by atoms with E-state index in [1.807, 2.05) is 6.92 Å². The van der Waals surface area contributed by atoms with Gasteiger partial charge in [0.05, 0.1) is 5.92 Å². The Balaban J connectivity index is 2.00. The topological polar surface area (TPSA) is 34.9 Å². The van der Waals surface area contributed by atoms with Crippen LogP contribution >= 0.6 is 0 Å². The molecule has 1 aromatic heterocycles. The number of aryl methyl sites for hydroxylation is 1. The van der Waals surface area contributed by atoms with Crippen LogP contribution in [0.2, 0.25) is 0 Å². The van der Waals surface area contributed by atoms with Crippen LogP contribution in [0.5, 0.6) is 0 Å². The summed E-state index contributed by atoms with van der Waals surface area (Å²) in [4.78, 5) is 16.4. The highest BCUT2D eigenvalue weighted by Gasteiger charge is 2.42. The summed E-state index contributed by atoms with van der Waals surface area (Å²) < 4.78 is 39.6. The van der Waals surface area contributed by atoms with E-state index in [9.17, 15) is 18.0 Å². The van der Waals surface area contributed by atoms with Crippen molar-refractivity contribution in [1.29, 1.82) is 0 Å². The van der Waals surface area contributed by atoms with Crippen molar-refractivity contribution < 1.29 is 18.0 Å². The van der Waals surface area contributed by atoms with Gasteiger partial charge in [0, 0.05) is 24.9 Å². The Morgan fingerprint density at radius 1 is 1.35 bits per heavy atom. The number of hydrogen-bond donors (Lipinski definition) is 0. The molecule has 6 heteroatoms. The highest BCUT2D eigenvalue weighted by Crippen LogP contribution is 2.40. The minimum Gasteiger partial charge on any atom is -0.329 e. The third-order valence-corrected chi connectivity index (χ3v) is 3.96. The Kier molecular flexibility index (Phi) is 4.50. The number of hydrogen-bond acceptors (Lipinski definition) is 2. The van der Waals surface area contributed by atoms with E-state index in [-0.39, 0.29) is 24.5 Å². The van der Waals surface area contributed by atoms with E-state index in [0.29, 0.717) is 25.2 Å². The molecule has 0 bridgehead atoms. The van der Waals surface area contributed by atoms with E-state index in [4.69, 9.17) is 0 Å². The van der Waals surface area contributed by atoms with E-state index in [0.717, 1.165) is 6.42 Å². The number of nitrogens with zero attached hydrogens (tertiary/aromatic N) is 2. The van der Waals surface area contributed by atoms with Crippen molar-refractivity contribution in [1.82, 2.24) is 9.55 Å². The summed E-state index contributed by atoms with van der Waals surface area (Å²) in [6, 6.07) is 0. The Labute approximate surface area is 116 Å². The van der Waals surface area contributed by atoms with E-state index in [1.165, 1.54) is 0 Å². The largest absolute Gasteiger partial charge is 0.391 e. The van der Waals surface area contributed by atoms with Crippen LogP contribution in [-0.2, 0) is 6.54 Å². The zero-order chi connectivity index (χ0) is 14.8. The SMILES string of the molecule is CCCn1ccnc1C(=O)C1CCC(C(F)(F)F)CC1. The molecule has 3 nitrogen and oxygen atoms in total. The van der Waals surface area contributed by atoms with Crippen LogP contribution in [0.3, 0.4) is 0 Å². The second kappa shape index (κ2) is 5.97. The summed E-state index contributed by atoms with van der Waals surface area (Å²) in [5, 5.41) is 0. The van der Waals surface area contributed by atoms with Crippen LogP contribution in [0, 0.1) is 11.8 Å². The van der Waals surface area contributed by atoms with Crippen molar-refractivity contribution in [3.8, 4) is 0 Å². The summed E-state index contributed by atoms with van der Waals surface area (Å²) in [6.45, 7) is 2.71. The lowest BCUT2D eigenvalue weighted by Crippen LogP contribution is -2.31. The average molecular weight is 288 g/mol. The molecule has 2 rings (SSSR count). The molecule has 1 heterocycles. The molecule has 20 heavy (non-hydrogen) atoms. The molecule has 0 N–H and O–H groups in total. The number of aromatic nitrogens is 2. The molecule has 1 fully saturated rings. The van der Waals surface area contributed by atoms with Crippen LogP contribution in [0.4, 0.5) is 13.2 Å². The first-order valence-corrected chi connectivity index (χ1v) is 7.05. The molecular weight excluding hydrogens is 269 g/mol. The van der Waals surface area contributed by atoms with E-state index < -0.39 is 12.1 Å². The number of halogens is 3. The lowest BCUT2D eigenvalue weighted by molar-refractivity contribution is -0.183. The van der Waals surface area contributed by atoms with Crippen molar-refractivity contribution in [3.05, 3.63) is 18.2 Å². The number of ketones is 1. The number of Topliss-reactive ketones (excluding diaryl/α,β-unsaturated/α-hetero) is 1. The molecule has 0 spiro atoms. The zero-order valence-electron chi connectivity index (χ0n) is 11.5. The van der Waals surface area contributed by atoms with Gasteiger partial charge in [-0.25, -0.2) is 4.98 Å². The van der Waals surface area contributed by atoms with Crippen molar-refractivity contribution in [2.75, 3.05) is 0 Å². The van der Waals surface area contributed by atoms with Crippen molar-refractivity contribution in [2.45, 2.75) is 51.7 Å². The zero-order valence-corrected chi connectivity index (χ0v) is 11.5. The molecule has 0 amide bonds. The van der Waals surface area contributed by atoms with E-state index in [1.54, 1.807) is 17.0 Å². The molecular formula is C14H19F3N2O. The third-order valence-electron chi connectivity index (χ3n) is 3.96. The molecule has 1 aliphatic carbocycles. The molecule has 0 radical (unpaired) electrons. The standard InChI is InChI=1S/C14H19F3N2O/c1-2-8-19-9-7-18-13(19)12(20)10-3-5-11(6-4-10)14(15,16)17/h7,9-11H,2-6,8H2,1H3. The summed E-state index contributed by atoms with van der Waals surface area (Å²) in [5.74, 6) is -1.28. The first kappa shape index (κ1) is 15.1. The maximum atomic E-state index is 12.6. The molecule has 0 aliphatic heterocycles. The number of alkyl halides is 3. The van der Waals surface area contributed by atoms with Gasteiger partial charge in [0.2, 0.25) is 5.78 Å². The first-order chi connectivity index (χ1) is 9.43. The number of imidazole rings is 1. The monoisotopic (exact) mass is 288 g/mol. The lowest BCUT2D eigenvalue weighted by atomic mass is 9.79. The normalized spacial score (nSPS) is 23.8. The van der Waals surface area contributed by atoms with Gasteiger partial charge in [0.15, 0.2) is 5.82 Å². The molecule has 112 valence electrons. The minimum atomic E-state index is -4.13. The lowest BCUT2D eigenvalue weighted by Gasteiger charge is -2.28. The van der Waals surface area contributed by atoms with E-state index >= 15 is 0 Å². The first-order valence-electron chi connectivity index (χ1n) is 7.05. The minimum absolute atomic E-state index is 0.0500. The summed E-state index contributed by atoms with van der Waals surface area (Å²) >= 11 is 0. The summed E-state index contributed by atoms with van der Waals surface area (Å²) in [6.07, 6.45) is 0.793. The van der Waals surface area contributed by atoms with Crippen LogP contribution in [-0.4, -0.2) is 21.5 Å². The summed E-state index contributed by atoms with van der Waals surface area (Å²) in [7, 11) is 0. The van der Waals surface area contributed by atoms with Crippen molar-refractivity contribution >= 4 is 5.78 Å². The Hall–Kier alpha value is -1.33. The third kappa shape index (κ3) is 3.22. The highest BCUT2D eigenvalue weighted by atomic mass is 19.4. The van der Waals surface area contributed by atoms with Crippen molar-refractivity contribution in [3.63, 3.8) is 0 Å². The van der Waals surface area contributed by atoms with Gasteiger partial charge in [-0.15, -0.1) is 0 Å². The number of carbonyl (C=O) groups excluding carboxylic acids is 1. The quantitative estimate of drug-likeness (QED) is 0.789. The van der Waals surface area contributed by atoms with Crippen molar-refractivity contribution in [2.24, 2.45) is 11.8 Å². The highest BCUT2D eigenvalue weighted by molar-refractivity contribution is 5.94. The van der Waals surface area contributed by atoms with Gasteiger partial charge in [-0.2, -0.15) is 13.2 Å². The molecule has 0 aromatic carbocycles. The van der Waals surface area contributed by atoms with Gasteiger partial charge >= 0.3 is 6.18 Å². The fourth-order valence-corrected chi connectivity index (χ4v) is 2.82. The fourth-order valence-electron chi connectivity index (χ4n) is 2.82. The smallest absolute Gasteiger partial charge is 0.329 e. The second-order valence-corrected chi connectivity index (χ2v) is 5.40. The predicted octanol–water partition coefficient (Wildman–Crippen LogP) is 3.84. The Bertz CT molecular complexity index is 459. The van der Waals surface area contributed by atoms with Gasteiger partial charge in [-0.05, 0) is 32.1 Å². The number of carbonyl (C=O) groups is 1. The van der Waals surface area contributed by atoms with Gasteiger partial charge in [0.25, 0.3) is 0 Å². The fraction of sp³-hybridized carbons (Fsp3) is 0.714. The molecule has 1 aliphatic rings.